The molecule has 0 amide bonds. The van der Waals surface area contributed by atoms with Gasteiger partial charge in [0, 0.05) is 10.8 Å². The SMILES string of the molecule is C=N/C(c1ccc(B2OC(C)(C)C(C)(C)O2)cc1)=c1/ccccc1=C. The predicted octanol–water partition coefficient (Wildman–Crippen LogP) is 2.25. The first kappa shape index (κ1) is 17.7. The molecule has 2 aromatic carbocycles. The first-order valence-electron chi connectivity index (χ1n) is 8.46. The Kier molecular flexibility index (Phi) is 4.44. The van der Waals surface area contributed by atoms with Crippen LogP contribution in [-0.4, -0.2) is 25.0 Å². The summed E-state index contributed by atoms with van der Waals surface area (Å²) < 4.78 is 12.2. The topological polar surface area (TPSA) is 30.8 Å². The van der Waals surface area contributed by atoms with Crippen LogP contribution in [-0.2, 0) is 9.31 Å². The first-order chi connectivity index (χ1) is 11.7. The second kappa shape index (κ2) is 6.28. The van der Waals surface area contributed by atoms with Crippen LogP contribution < -0.4 is 15.9 Å². The van der Waals surface area contributed by atoms with Crippen molar-refractivity contribution < 1.29 is 9.31 Å². The highest BCUT2D eigenvalue weighted by Crippen LogP contribution is 2.36. The van der Waals surface area contributed by atoms with E-state index in [1.54, 1.807) is 0 Å². The Morgan fingerprint density at radius 2 is 1.48 bits per heavy atom. The van der Waals surface area contributed by atoms with Crippen molar-refractivity contribution in [3.05, 3.63) is 64.5 Å². The zero-order chi connectivity index (χ0) is 18.2. The lowest BCUT2D eigenvalue weighted by Crippen LogP contribution is -2.41. The van der Waals surface area contributed by atoms with Crippen molar-refractivity contribution >= 4 is 31.6 Å². The maximum atomic E-state index is 6.11. The van der Waals surface area contributed by atoms with E-state index in [1.165, 1.54) is 0 Å². The average molecular weight is 333 g/mol. The van der Waals surface area contributed by atoms with Gasteiger partial charge in [0.05, 0.1) is 16.9 Å². The summed E-state index contributed by atoms with van der Waals surface area (Å²) in [6.07, 6.45) is 0. The zero-order valence-corrected chi connectivity index (χ0v) is 15.4. The van der Waals surface area contributed by atoms with Crippen LogP contribution in [0.4, 0.5) is 0 Å². The molecule has 4 heteroatoms. The van der Waals surface area contributed by atoms with Crippen molar-refractivity contribution in [3.8, 4) is 0 Å². The smallest absolute Gasteiger partial charge is 0.399 e. The van der Waals surface area contributed by atoms with Gasteiger partial charge in [0.25, 0.3) is 0 Å². The largest absolute Gasteiger partial charge is 0.494 e. The number of rotatable bonds is 3. The number of benzene rings is 2. The molecule has 1 aliphatic rings. The molecule has 1 saturated heterocycles. The van der Waals surface area contributed by atoms with E-state index in [9.17, 15) is 0 Å². The highest BCUT2D eigenvalue weighted by molar-refractivity contribution is 6.62. The lowest BCUT2D eigenvalue weighted by molar-refractivity contribution is 0.00578. The Morgan fingerprint density at radius 1 is 0.920 bits per heavy atom. The molecule has 3 nitrogen and oxygen atoms in total. The van der Waals surface area contributed by atoms with Crippen LogP contribution in [0.25, 0.3) is 12.3 Å². The van der Waals surface area contributed by atoms with Gasteiger partial charge in [-0.05, 0) is 45.1 Å². The number of hydrogen-bond donors (Lipinski definition) is 0. The normalized spacial score (nSPS) is 19.6. The first-order valence-corrected chi connectivity index (χ1v) is 8.46. The third-order valence-electron chi connectivity index (χ3n) is 5.14. The summed E-state index contributed by atoms with van der Waals surface area (Å²) in [6.45, 7) is 16.0. The second-order valence-electron chi connectivity index (χ2n) is 7.37. The molecule has 0 radical (unpaired) electrons. The highest BCUT2D eigenvalue weighted by atomic mass is 16.7. The van der Waals surface area contributed by atoms with E-state index in [0.29, 0.717) is 0 Å². The molecular formula is C21H24BNO2. The molecule has 128 valence electrons. The van der Waals surface area contributed by atoms with Gasteiger partial charge in [-0.15, -0.1) is 0 Å². The van der Waals surface area contributed by atoms with E-state index in [0.717, 1.165) is 27.2 Å². The predicted molar refractivity (Wildman–Crippen MR) is 105 cm³/mol. The Hall–Kier alpha value is -2.17. The monoisotopic (exact) mass is 333 g/mol. The third-order valence-corrected chi connectivity index (χ3v) is 5.14. The van der Waals surface area contributed by atoms with Crippen LogP contribution in [0.5, 0.6) is 0 Å². The zero-order valence-electron chi connectivity index (χ0n) is 15.4. The third kappa shape index (κ3) is 3.20. The molecule has 1 aliphatic heterocycles. The summed E-state index contributed by atoms with van der Waals surface area (Å²) in [7, 11) is -0.362. The molecule has 0 unspecified atom stereocenters. The number of aliphatic imine (C=N–C) groups is 1. The van der Waals surface area contributed by atoms with Gasteiger partial charge >= 0.3 is 7.12 Å². The summed E-state index contributed by atoms with van der Waals surface area (Å²) in [4.78, 5) is 4.23. The molecule has 0 N–H and O–H groups in total. The molecule has 0 saturated carbocycles. The Balaban J connectivity index is 1.97. The van der Waals surface area contributed by atoms with Gasteiger partial charge in [0.1, 0.15) is 0 Å². The summed E-state index contributed by atoms with van der Waals surface area (Å²) >= 11 is 0. The van der Waals surface area contributed by atoms with Crippen molar-refractivity contribution in [2.24, 2.45) is 4.99 Å². The van der Waals surface area contributed by atoms with E-state index in [-0.39, 0.29) is 18.3 Å². The fourth-order valence-corrected chi connectivity index (χ4v) is 2.86. The lowest BCUT2D eigenvalue weighted by Gasteiger charge is -2.32. The Morgan fingerprint density at radius 3 is 2.00 bits per heavy atom. The quantitative estimate of drug-likeness (QED) is 0.637. The van der Waals surface area contributed by atoms with Crippen LogP contribution in [0, 0.1) is 0 Å². The standard InChI is InChI=1S/C21H24BNO2/c1-15-9-7-8-10-18(15)19(23-6)16-11-13-17(14-12-16)22-24-20(2,3)21(4,5)25-22/h7-14H,1,6H2,2-5H3/b19-18-. The van der Waals surface area contributed by atoms with Crippen molar-refractivity contribution in [3.63, 3.8) is 0 Å². The van der Waals surface area contributed by atoms with Gasteiger partial charge in [-0.2, -0.15) is 0 Å². The van der Waals surface area contributed by atoms with Crippen LogP contribution >= 0.6 is 0 Å². The number of hydrogen-bond acceptors (Lipinski definition) is 3. The minimum absolute atomic E-state index is 0.344. The molecular weight excluding hydrogens is 309 g/mol. The Bertz CT molecular complexity index is 884. The van der Waals surface area contributed by atoms with Crippen LogP contribution in [0.1, 0.15) is 33.3 Å². The van der Waals surface area contributed by atoms with Gasteiger partial charge in [0.15, 0.2) is 0 Å². The van der Waals surface area contributed by atoms with Gasteiger partial charge in [0.2, 0.25) is 0 Å². The second-order valence-corrected chi connectivity index (χ2v) is 7.37. The van der Waals surface area contributed by atoms with Gasteiger partial charge in [-0.25, -0.2) is 0 Å². The van der Waals surface area contributed by atoms with E-state index in [4.69, 9.17) is 9.31 Å². The summed E-state index contributed by atoms with van der Waals surface area (Å²) in [5.74, 6) is 0. The van der Waals surface area contributed by atoms with Gasteiger partial charge in [-0.1, -0.05) is 55.1 Å². The average Bonchev–Trinajstić information content (AvgIpc) is 2.78. The Labute approximate surface area is 149 Å². The van der Waals surface area contributed by atoms with Crippen LogP contribution in [0.15, 0.2) is 53.5 Å². The van der Waals surface area contributed by atoms with E-state index >= 15 is 0 Å². The molecule has 0 aromatic heterocycles. The molecule has 1 fully saturated rings. The van der Waals surface area contributed by atoms with Gasteiger partial charge < -0.3 is 9.31 Å². The maximum absolute atomic E-state index is 6.11. The molecule has 1 heterocycles. The minimum Gasteiger partial charge on any atom is -0.399 e. The van der Waals surface area contributed by atoms with Crippen LogP contribution in [0.3, 0.4) is 0 Å². The summed E-state index contributed by atoms with van der Waals surface area (Å²) in [6, 6.07) is 16.0. The molecule has 0 spiro atoms. The molecule has 0 aliphatic carbocycles. The molecule has 25 heavy (non-hydrogen) atoms. The fourth-order valence-electron chi connectivity index (χ4n) is 2.86. The van der Waals surface area contributed by atoms with Crippen molar-refractivity contribution in [1.82, 2.24) is 0 Å². The minimum atomic E-state index is -0.362. The highest BCUT2D eigenvalue weighted by Gasteiger charge is 2.51. The summed E-state index contributed by atoms with van der Waals surface area (Å²) in [5.41, 5.74) is 2.12. The molecule has 0 atom stereocenters. The van der Waals surface area contributed by atoms with Crippen molar-refractivity contribution in [2.75, 3.05) is 0 Å². The van der Waals surface area contributed by atoms with Gasteiger partial charge in [-0.3, -0.25) is 4.99 Å². The number of nitrogens with zero attached hydrogens (tertiary/aromatic N) is 1. The molecule has 3 rings (SSSR count). The molecule has 2 aromatic rings. The summed E-state index contributed by atoms with van der Waals surface area (Å²) in [5, 5.41) is 1.92. The fraction of sp³-hybridized carbons (Fsp3) is 0.286. The maximum Gasteiger partial charge on any atom is 0.494 e. The lowest BCUT2D eigenvalue weighted by atomic mass is 9.78. The van der Waals surface area contributed by atoms with Crippen LogP contribution in [0.2, 0.25) is 0 Å². The van der Waals surface area contributed by atoms with E-state index in [2.05, 4.69) is 46.0 Å². The van der Waals surface area contributed by atoms with E-state index in [1.807, 2.05) is 48.5 Å². The molecule has 0 bridgehead atoms. The van der Waals surface area contributed by atoms with Crippen molar-refractivity contribution in [2.45, 2.75) is 38.9 Å². The van der Waals surface area contributed by atoms with Crippen molar-refractivity contribution in [1.29, 1.82) is 0 Å². The van der Waals surface area contributed by atoms with E-state index < -0.39 is 0 Å².